The highest BCUT2D eigenvalue weighted by atomic mass is 127. The first-order valence-corrected chi connectivity index (χ1v) is 7.15. The maximum atomic E-state index is 6.18. The first-order valence-electron chi connectivity index (χ1n) is 5.69. The molecule has 0 aliphatic rings. The van der Waals surface area contributed by atoms with Gasteiger partial charge < -0.3 is 0 Å². The van der Waals surface area contributed by atoms with E-state index in [1.54, 1.807) is 10.9 Å². The van der Waals surface area contributed by atoms with Crippen LogP contribution >= 0.6 is 34.2 Å². The van der Waals surface area contributed by atoms with Crippen molar-refractivity contribution in [3.05, 3.63) is 26.7 Å². The SMILES string of the molecule is CC(C)Cc1nc(-c2ccnn2C)nc(Cl)c1I. The van der Waals surface area contributed by atoms with Crippen LogP contribution in [-0.2, 0) is 13.5 Å². The molecule has 0 aromatic carbocycles. The summed E-state index contributed by atoms with van der Waals surface area (Å²) in [7, 11) is 1.87. The van der Waals surface area contributed by atoms with Gasteiger partial charge >= 0.3 is 0 Å². The van der Waals surface area contributed by atoms with E-state index < -0.39 is 0 Å². The molecular weight excluding hydrogens is 363 g/mol. The Morgan fingerprint density at radius 1 is 1.39 bits per heavy atom. The number of halogens is 2. The van der Waals surface area contributed by atoms with Crippen molar-refractivity contribution in [3.63, 3.8) is 0 Å². The van der Waals surface area contributed by atoms with Gasteiger partial charge in [0, 0.05) is 13.2 Å². The molecule has 18 heavy (non-hydrogen) atoms. The molecule has 0 fully saturated rings. The molecule has 2 aromatic heterocycles. The summed E-state index contributed by atoms with van der Waals surface area (Å²) in [4.78, 5) is 8.94. The summed E-state index contributed by atoms with van der Waals surface area (Å²) in [5, 5.41) is 4.64. The van der Waals surface area contributed by atoms with E-state index in [0.717, 1.165) is 21.4 Å². The molecular formula is C12H14ClIN4. The number of nitrogens with zero attached hydrogens (tertiary/aromatic N) is 4. The van der Waals surface area contributed by atoms with Gasteiger partial charge in [0.2, 0.25) is 0 Å². The van der Waals surface area contributed by atoms with Gasteiger partial charge in [-0.25, -0.2) is 9.97 Å². The molecule has 0 spiro atoms. The number of rotatable bonds is 3. The van der Waals surface area contributed by atoms with Crippen LogP contribution in [0.4, 0.5) is 0 Å². The van der Waals surface area contributed by atoms with Crippen molar-refractivity contribution < 1.29 is 0 Å². The number of hydrogen-bond donors (Lipinski definition) is 0. The Morgan fingerprint density at radius 3 is 2.67 bits per heavy atom. The van der Waals surface area contributed by atoms with Crippen LogP contribution in [0.3, 0.4) is 0 Å². The molecule has 0 saturated carbocycles. The molecule has 2 aromatic rings. The van der Waals surface area contributed by atoms with Gasteiger partial charge in [0.15, 0.2) is 5.82 Å². The van der Waals surface area contributed by atoms with Gasteiger partial charge in [-0.05, 0) is 41.0 Å². The average Bonchev–Trinajstić information content (AvgIpc) is 2.70. The summed E-state index contributed by atoms with van der Waals surface area (Å²) in [6.45, 7) is 4.33. The summed E-state index contributed by atoms with van der Waals surface area (Å²) >= 11 is 8.39. The van der Waals surface area contributed by atoms with Crippen LogP contribution in [0.1, 0.15) is 19.5 Å². The van der Waals surface area contributed by atoms with Gasteiger partial charge in [0.1, 0.15) is 10.8 Å². The third-order valence-corrected chi connectivity index (χ3v) is 4.26. The van der Waals surface area contributed by atoms with Gasteiger partial charge in [-0.15, -0.1) is 0 Å². The van der Waals surface area contributed by atoms with Gasteiger partial charge in [0.05, 0.1) is 9.26 Å². The van der Waals surface area contributed by atoms with Crippen molar-refractivity contribution in [1.82, 2.24) is 19.7 Å². The molecule has 96 valence electrons. The van der Waals surface area contributed by atoms with Crippen molar-refractivity contribution in [2.24, 2.45) is 13.0 Å². The second-order valence-corrected chi connectivity index (χ2v) is 5.97. The van der Waals surface area contributed by atoms with Gasteiger partial charge in [0.25, 0.3) is 0 Å². The van der Waals surface area contributed by atoms with E-state index in [9.17, 15) is 0 Å². The van der Waals surface area contributed by atoms with Crippen LogP contribution in [0.5, 0.6) is 0 Å². The molecule has 0 aliphatic heterocycles. The lowest BCUT2D eigenvalue weighted by Gasteiger charge is -2.10. The summed E-state index contributed by atoms with van der Waals surface area (Å²) in [5.41, 5.74) is 1.88. The van der Waals surface area contributed by atoms with Gasteiger partial charge in [-0.1, -0.05) is 25.4 Å². The molecule has 6 heteroatoms. The van der Waals surface area contributed by atoms with E-state index in [0.29, 0.717) is 16.9 Å². The molecule has 0 aliphatic carbocycles. The Balaban J connectivity index is 2.51. The molecule has 0 unspecified atom stereocenters. The highest BCUT2D eigenvalue weighted by Gasteiger charge is 2.14. The minimum absolute atomic E-state index is 0.512. The first-order chi connectivity index (χ1) is 8.49. The molecule has 0 atom stereocenters. The lowest BCUT2D eigenvalue weighted by atomic mass is 10.1. The molecule has 0 bridgehead atoms. The lowest BCUT2D eigenvalue weighted by Crippen LogP contribution is -2.06. The second-order valence-electron chi connectivity index (χ2n) is 4.54. The summed E-state index contributed by atoms with van der Waals surface area (Å²) in [6, 6.07) is 1.89. The van der Waals surface area contributed by atoms with Crippen molar-refractivity contribution >= 4 is 34.2 Å². The molecule has 4 nitrogen and oxygen atoms in total. The van der Waals surface area contributed by atoms with Crippen LogP contribution in [-0.4, -0.2) is 19.7 Å². The fraction of sp³-hybridized carbons (Fsp3) is 0.417. The van der Waals surface area contributed by atoms with Crippen LogP contribution < -0.4 is 0 Å². The van der Waals surface area contributed by atoms with Crippen molar-refractivity contribution in [2.75, 3.05) is 0 Å². The fourth-order valence-electron chi connectivity index (χ4n) is 1.69. The smallest absolute Gasteiger partial charge is 0.179 e. The third kappa shape index (κ3) is 2.83. The minimum atomic E-state index is 0.512. The Labute approximate surface area is 125 Å². The maximum absolute atomic E-state index is 6.18. The molecule has 0 radical (unpaired) electrons. The number of hydrogen-bond acceptors (Lipinski definition) is 3. The molecule has 2 rings (SSSR count). The van der Waals surface area contributed by atoms with Crippen LogP contribution in [0.15, 0.2) is 12.3 Å². The topological polar surface area (TPSA) is 43.6 Å². The zero-order chi connectivity index (χ0) is 13.3. The third-order valence-electron chi connectivity index (χ3n) is 2.53. The largest absolute Gasteiger partial charge is 0.265 e. The van der Waals surface area contributed by atoms with Crippen molar-refractivity contribution in [3.8, 4) is 11.5 Å². The quantitative estimate of drug-likeness (QED) is 0.609. The Hall–Kier alpha value is -0.690. The monoisotopic (exact) mass is 376 g/mol. The van der Waals surface area contributed by atoms with E-state index in [1.807, 2.05) is 13.1 Å². The van der Waals surface area contributed by atoms with Crippen molar-refractivity contribution in [2.45, 2.75) is 20.3 Å². The summed E-state index contributed by atoms with van der Waals surface area (Å²) < 4.78 is 2.69. The number of aromatic nitrogens is 4. The second kappa shape index (κ2) is 5.52. The Bertz CT molecular complexity index is 565. The Morgan fingerprint density at radius 2 is 2.11 bits per heavy atom. The van der Waals surface area contributed by atoms with E-state index in [-0.39, 0.29) is 0 Å². The van der Waals surface area contributed by atoms with E-state index >= 15 is 0 Å². The first kappa shape index (κ1) is 13.7. The van der Waals surface area contributed by atoms with E-state index in [4.69, 9.17) is 11.6 Å². The standard InChI is InChI=1S/C12H14ClIN4/c1-7(2)6-8-10(14)11(13)17-12(16-8)9-4-5-15-18(9)3/h4-5,7H,6H2,1-3H3. The van der Waals surface area contributed by atoms with Gasteiger partial charge in [-0.2, -0.15) is 5.10 Å². The zero-order valence-electron chi connectivity index (χ0n) is 10.5. The summed E-state index contributed by atoms with van der Waals surface area (Å²) in [5.74, 6) is 1.17. The van der Waals surface area contributed by atoms with Crippen LogP contribution in [0.25, 0.3) is 11.5 Å². The van der Waals surface area contributed by atoms with E-state index in [2.05, 4.69) is 51.5 Å². The van der Waals surface area contributed by atoms with Crippen LogP contribution in [0.2, 0.25) is 5.15 Å². The normalized spacial score (nSPS) is 11.2. The number of aryl methyl sites for hydroxylation is 1. The molecule has 0 amide bonds. The fourth-order valence-corrected chi connectivity index (χ4v) is 2.34. The molecule has 0 N–H and O–H groups in total. The molecule has 0 saturated heterocycles. The van der Waals surface area contributed by atoms with Gasteiger partial charge in [-0.3, -0.25) is 4.68 Å². The maximum Gasteiger partial charge on any atom is 0.179 e. The highest BCUT2D eigenvalue weighted by molar-refractivity contribution is 14.1. The molecule has 2 heterocycles. The zero-order valence-corrected chi connectivity index (χ0v) is 13.4. The van der Waals surface area contributed by atoms with E-state index in [1.165, 1.54) is 0 Å². The highest BCUT2D eigenvalue weighted by Crippen LogP contribution is 2.25. The van der Waals surface area contributed by atoms with Crippen molar-refractivity contribution in [1.29, 1.82) is 0 Å². The minimum Gasteiger partial charge on any atom is -0.265 e. The van der Waals surface area contributed by atoms with Crippen LogP contribution in [0, 0.1) is 9.49 Å². The average molecular weight is 377 g/mol. The predicted octanol–water partition coefficient (Wildman–Crippen LogP) is 3.33. The predicted molar refractivity (Wildman–Crippen MR) is 80.5 cm³/mol. The summed E-state index contributed by atoms with van der Waals surface area (Å²) in [6.07, 6.45) is 2.62. The lowest BCUT2D eigenvalue weighted by molar-refractivity contribution is 0.631. The Kier molecular flexibility index (Phi) is 4.21.